The zero-order valence-corrected chi connectivity index (χ0v) is 17.4. The highest BCUT2D eigenvalue weighted by molar-refractivity contribution is 5.77. The normalized spacial score (nSPS) is 15.0. The molecule has 0 spiro atoms. The Bertz CT molecular complexity index is 842. The van der Waals surface area contributed by atoms with E-state index >= 15 is 0 Å². The van der Waals surface area contributed by atoms with Crippen molar-refractivity contribution in [3.8, 4) is 17.2 Å². The molecule has 2 aromatic carbocycles. The van der Waals surface area contributed by atoms with Crippen LogP contribution in [0.5, 0.6) is 17.2 Å². The molecule has 0 radical (unpaired) electrons. The van der Waals surface area contributed by atoms with Crippen LogP contribution in [0.3, 0.4) is 0 Å². The highest BCUT2D eigenvalue weighted by atomic mass is 16.5. The first kappa shape index (κ1) is 20.1. The van der Waals surface area contributed by atoms with E-state index in [4.69, 9.17) is 14.2 Å². The molecule has 150 valence electrons. The van der Waals surface area contributed by atoms with Gasteiger partial charge in [-0.25, -0.2) is 0 Å². The van der Waals surface area contributed by atoms with Crippen molar-refractivity contribution in [1.29, 1.82) is 0 Å². The zero-order valence-electron chi connectivity index (χ0n) is 17.4. The van der Waals surface area contributed by atoms with E-state index in [9.17, 15) is 4.79 Å². The number of aryl methyl sites for hydroxylation is 1. The number of hydrogen-bond acceptors (Lipinski definition) is 4. The second-order valence-electron chi connectivity index (χ2n) is 7.85. The van der Waals surface area contributed by atoms with Crippen LogP contribution in [0.1, 0.15) is 37.0 Å². The number of carbonyl (C=O) groups excluding carboxylic acids is 1. The molecule has 3 rings (SSSR count). The lowest BCUT2D eigenvalue weighted by Crippen LogP contribution is -2.45. The lowest BCUT2D eigenvalue weighted by Gasteiger charge is -2.40. The van der Waals surface area contributed by atoms with Crippen molar-refractivity contribution in [2.45, 2.75) is 38.6 Å². The fourth-order valence-corrected chi connectivity index (χ4v) is 3.88. The van der Waals surface area contributed by atoms with E-state index in [-0.39, 0.29) is 11.3 Å². The van der Waals surface area contributed by atoms with Crippen LogP contribution in [0.15, 0.2) is 36.4 Å². The monoisotopic (exact) mass is 383 g/mol. The summed E-state index contributed by atoms with van der Waals surface area (Å²) < 4.78 is 16.1. The van der Waals surface area contributed by atoms with Gasteiger partial charge in [0.05, 0.1) is 21.3 Å². The molecule has 0 aliphatic carbocycles. The van der Waals surface area contributed by atoms with Gasteiger partial charge in [-0.05, 0) is 47.4 Å². The molecular formula is C23H29NO4. The van der Waals surface area contributed by atoms with Gasteiger partial charge < -0.3 is 19.1 Å². The SMILES string of the molecule is COc1ccc(CCC(=O)N2Cc3cc(OC)c(OC)cc3C(C)(C)C2)cc1. The standard InChI is InChI=1S/C23H29NO4/c1-23(2)15-24(14-17-12-20(27-4)21(28-5)13-19(17)23)22(25)11-8-16-6-9-18(26-3)10-7-16/h6-7,9-10,12-13H,8,11,14-15H2,1-5H3. The topological polar surface area (TPSA) is 48.0 Å². The van der Waals surface area contributed by atoms with Gasteiger partial charge in [0.25, 0.3) is 0 Å². The lowest BCUT2D eigenvalue weighted by atomic mass is 9.78. The molecule has 0 unspecified atom stereocenters. The first-order valence-electron chi connectivity index (χ1n) is 9.54. The maximum Gasteiger partial charge on any atom is 0.223 e. The number of nitrogens with zero attached hydrogens (tertiary/aromatic N) is 1. The van der Waals surface area contributed by atoms with E-state index in [1.54, 1.807) is 21.3 Å². The van der Waals surface area contributed by atoms with Crippen molar-refractivity contribution in [2.75, 3.05) is 27.9 Å². The van der Waals surface area contributed by atoms with Crippen LogP contribution >= 0.6 is 0 Å². The molecule has 2 aromatic rings. The maximum absolute atomic E-state index is 12.9. The maximum atomic E-state index is 12.9. The van der Waals surface area contributed by atoms with Crippen molar-refractivity contribution in [1.82, 2.24) is 4.90 Å². The largest absolute Gasteiger partial charge is 0.497 e. The van der Waals surface area contributed by atoms with E-state index in [1.807, 2.05) is 41.3 Å². The number of hydrogen-bond donors (Lipinski definition) is 0. The van der Waals surface area contributed by atoms with Crippen LogP contribution in [0, 0.1) is 0 Å². The minimum absolute atomic E-state index is 0.150. The Morgan fingerprint density at radius 2 is 1.64 bits per heavy atom. The van der Waals surface area contributed by atoms with E-state index in [0.717, 1.165) is 29.0 Å². The minimum atomic E-state index is -0.150. The molecule has 0 fully saturated rings. The molecule has 0 N–H and O–H groups in total. The minimum Gasteiger partial charge on any atom is -0.497 e. The Kier molecular flexibility index (Phi) is 5.82. The van der Waals surface area contributed by atoms with Crippen LogP contribution in [-0.4, -0.2) is 38.7 Å². The summed E-state index contributed by atoms with van der Waals surface area (Å²) in [4.78, 5) is 14.9. The van der Waals surface area contributed by atoms with Gasteiger partial charge in [-0.2, -0.15) is 0 Å². The Morgan fingerprint density at radius 1 is 1.00 bits per heavy atom. The van der Waals surface area contributed by atoms with Crippen molar-refractivity contribution < 1.29 is 19.0 Å². The van der Waals surface area contributed by atoms with Gasteiger partial charge in [0.1, 0.15) is 5.75 Å². The molecule has 1 aliphatic rings. The number of rotatable bonds is 6. The van der Waals surface area contributed by atoms with Gasteiger partial charge in [0, 0.05) is 24.9 Å². The second-order valence-corrected chi connectivity index (χ2v) is 7.85. The van der Waals surface area contributed by atoms with Gasteiger partial charge in [-0.1, -0.05) is 26.0 Å². The number of fused-ring (bicyclic) bond motifs is 1. The van der Waals surface area contributed by atoms with Crippen molar-refractivity contribution in [3.63, 3.8) is 0 Å². The van der Waals surface area contributed by atoms with E-state index in [2.05, 4.69) is 13.8 Å². The fraction of sp³-hybridized carbons (Fsp3) is 0.435. The molecule has 0 saturated heterocycles. The first-order valence-corrected chi connectivity index (χ1v) is 9.54. The van der Waals surface area contributed by atoms with Crippen LogP contribution < -0.4 is 14.2 Å². The Morgan fingerprint density at radius 3 is 2.25 bits per heavy atom. The molecule has 1 heterocycles. The third kappa shape index (κ3) is 4.08. The van der Waals surface area contributed by atoms with Crippen molar-refractivity contribution in [2.24, 2.45) is 0 Å². The number of benzene rings is 2. The van der Waals surface area contributed by atoms with Gasteiger partial charge in [-0.15, -0.1) is 0 Å². The van der Waals surface area contributed by atoms with Crippen LogP contribution in [0.25, 0.3) is 0 Å². The highest BCUT2D eigenvalue weighted by Crippen LogP contribution is 2.40. The fourth-order valence-electron chi connectivity index (χ4n) is 3.88. The lowest BCUT2D eigenvalue weighted by molar-refractivity contribution is -0.133. The van der Waals surface area contributed by atoms with E-state index < -0.39 is 0 Å². The Labute approximate surface area is 167 Å². The summed E-state index contributed by atoms with van der Waals surface area (Å²) in [6.07, 6.45) is 1.21. The number of amides is 1. The molecule has 0 saturated carbocycles. The van der Waals surface area contributed by atoms with Crippen LogP contribution in [0.4, 0.5) is 0 Å². The summed E-state index contributed by atoms with van der Waals surface area (Å²) in [7, 11) is 4.93. The Hall–Kier alpha value is -2.69. The molecule has 5 nitrogen and oxygen atoms in total. The number of ether oxygens (including phenoxy) is 3. The van der Waals surface area contributed by atoms with Crippen molar-refractivity contribution >= 4 is 5.91 Å². The third-order valence-corrected chi connectivity index (χ3v) is 5.43. The first-order chi connectivity index (χ1) is 13.4. The van der Waals surface area contributed by atoms with Gasteiger partial charge in [0.2, 0.25) is 5.91 Å². The molecule has 28 heavy (non-hydrogen) atoms. The van der Waals surface area contributed by atoms with E-state index in [0.29, 0.717) is 25.3 Å². The summed E-state index contributed by atoms with van der Waals surface area (Å²) in [6.45, 7) is 5.62. The average Bonchev–Trinajstić information content (AvgIpc) is 2.70. The van der Waals surface area contributed by atoms with Gasteiger partial charge >= 0.3 is 0 Å². The van der Waals surface area contributed by atoms with Gasteiger partial charge in [0.15, 0.2) is 11.5 Å². The summed E-state index contributed by atoms with van der Waals surface area (Å²) in [6, 6.07) is 11.9. The summed E-state index contributed by atoms with van der Waals surface area (Å²) in [5.74, 6) is 2.43. The summed E-state index contributed by atoms with van der Waals surface area (Å²) in [5.41, 5.74) is 3.32. The second kappa shape index (κ2) is 8.13. The quantitative estimate of drug-likeness (QED) is 0.757. The van der Waals surface area contributed by atoms with Gasteiger partial charge in [-0.3, -0.25) is 4.79 Å². The molecule has 1 aliphatic heterocycles. The Balaban J connectivity index is 1.74. The molecule has 1 amide bonds. The molecule has 0 aromatic heterocycles. The summed E-state index contributed by atoms with van der Waals surface area (Å²) in [5, 5.41) is 0. The third-order valence-electron chi connectivity index (χ3n) is 5.43. The van der Waals surface area contributed by atoms with Crippen LogP contribution in [0.2, 0.25) is 0 Å². The predicted octanol–water partition coefficient (Wildman–Crippen LogP) is 3.97. The number of methoxy groups -OCH3 is 3. The molecule has 0 bridgehead atoms. The molecule has 0 atom stereocenters. The molecular weight excluding hydrogens is 354 g/mol. The smallest absolute Gasteiger partial charge is 0.223 e. The summed E-state index contributed by atoms with van der Waals surface area (Å²) >= 11 is 0. The zero-order chi connectivity index (χ0) is 20.3. The average molecular weight is 383 g/mol. The highest BCUT2D eigenvalue weighted by Gasteiger charge is 2.34. The molecule has 5 heteroatoms. The number of carbonyl (C=O) groups is 1. The van der Waals surface area contributed by atoms with Crippen molar-refractivity contribution in [3.05, 3.63) is 53.1 Å². The van der Waals surface area contributed by atoms with E-state index in [1.165, 1.54) is 5.56 Å². The van der Waals surface area contributed by atoms with Crippen LogP contribution in [-0.2, 0) is 23.2 Å². The predicted molar refractivity (Wildman–Crippen MR) is 109 cm³/mol.